The number of benzene rings is 1. The van der Waals surface area contributed by atoms with E-state index >= 15 is 0 Å². The number of rotatable bonds is 2. The molecule has 0 radical (unpaired) electrons. The molecule has 0 spiro atoms. The fourth-order valence-corrected chi connectivity index (χ4v) is 1.77. The van der Waals surface area contributed by atoms with Crippen molar-refractivity contribution >= 4 is 28.3 Å². The summed E-state index contributed by atoms with van der Waals surface area (Å²) in [7, 11) is 0. The zero-order valence-corrected chi connectivity index (χ0v) is 8.53. The molecule has 0 saturated heterocycles. The van der Waals surface area contributed by atoms with Crippen LogP contribution in [0.15, 0.2) is 30.5 Å². The number of pyridine rings is 1. The smallest absolute Gasteiger partial charge is 0.307 e. The first-order chi connectivity index (χ1) is 7.18. The molecule has 0 aliphatic rings. The van der Waals surface area contributed by atoms with E-state index in [2.05, 4.69) is 4.98 Å². The zero-order chi connectivity index (χ0) is 10.8. The molecule has 1 N–H and O–H groups in total. The summed E-state index contributed by atoms with van der Waals surface area (Å²) in [6, 6.07) is 7.18. The van der Waals surface area contributed by atoms with Crippen molar-refractivity contribution in [2.24, 2.45) is 0 Å². The van der Waals surface area contributed by atoms with E-state index in [-0.39, 0.29) is 6.42 Å². The van der Waals surface area contributed by atoms with Gasteiger partial charge >= 0.3 is 5.97 Å². The summed E-state index contributed by atoms with van der Waals surface area (Å²) in [5.41, 5.74) is 0.754. The third-order valence-corrected chi connectivity index (χ3v) is 2.49. The average Bonchev–Trinajstić information content (AvgIpc) is 2.19. The number of hydrogen-bond donors (Lipinski definition) is 1. The van der Waals surface area contributed by atoms with Crippen LogP contribution in [0, 0.1) is 0 Å². The van der Waals surface area contributed by atoms with Crippen LogP contribution in [0.25, 0.3) is 10.8 Å². The number of hydrogen-bond acceptors (Lipinski definition) is 2. The van der Waals surface area contributed by atoms with Gasteiger partial charge in [-0.05, 0) is 17.0 Å². The standard InChI is InChI=1S/C11H8ClNO2/c12-11-9-3-1-2-7(6-10(14)15)8(9)4-5-13-11/h1-5H,6H2,(H,14,15). The van der Waals surface area contributed by atoms with Crippen LogP contribution in [-0.4, -0.2) is 16.1 Å². The second kappa shape index (κ2) is 3.87. The molecular weight excluding hydrogens is 214 g/mol. The van der Waals surface area contributed by atoms with Gasteiger partial charge in [-0.1, -0.05) is 29.8 Å². The highest BCUT2D eigenvalue weighted by Gasteiger charge is 2.07. The second-order valence-electron chi connectivity index (χ2n) is 3.18. The predicted molar refractivity (Wildman–Crippen MR) is 58.1 cm³/mol. The molecule has 2 aromatic rings. The molecule has 15 heavy (non-hydrogen) atoms. The fourth-order valence-electron chi connectivity index (χ4n) is 1.55. The third-order valence-electron chi connectivity index (χ3n) is 2.19. The molecule has 0 atom stereocenters. The molecule has 0 aliphatic heterocycles. The highest BCUT2D eigenvalue weighted by atomic mass is 35.5. The van der Waals surface area contributed by atoms with Crippen LogP contribution in [-0.2, 0) is 11.2 Å². The maximum absolute atomic E-state index is 10.6. The Kier molecular flexibility index (Phi) is 2.56. The van der Waals surface area contributed by atoms with Gasteiger partial charge in [0.25, 0.3) is 0 Å². The van der Waals surface area contributed by atoms with Crippen LogP contribution in [0.4, 0.5) is 0 Å². The van der Waals surface area contributed by atoms with Crippen LogP contribution in [0.1, 0.15) is 5.56 Å². The van der Waals surface area contributed by atoms with E-state index < -0.39 is 5.97 Å². The van der Waals surface area contributed by atoms with Crippen molar-refractivity contribution in [3.05, 3.63) is 41.2 Å². The van der Waals surface area contributed by atoms with E-state index in [4.69, 9.17) is 16.7 Å². The number of aliphatic carboxylic acids is 1. The van der Waals surface area contributed by atoms with E-state index in [1.165, 1.54) is 0 Å². The molecule has 3 nitrogen and oxygen atoms in total. The molecule has 0 unspecified atom stereocenters. The largest absolute Gasteiger partial charge is 0.481 e. The second-order valence-corrected chi connectivity index (χ2v) is 3.54. The van der Waals surface area contributed by atoms with Gasteiger partial charge in [-0.3, -0.25) is 4.79 Å². The summed E-state index contributed by atoms with van der Waals surface area (Å²) in [6.07, 6.45) is 1.58. The number of nitrogens with zero attached hydrogens (tertiary/aromatic N) is 1. The van der Waals surface area contributed by atoms with E-state index in [1.54, 1.807) is 24.4 Å². The first-order valence-electron chi connectivity index (χ1n) is 4.42. The van der Waals surface area contributed by atoms with E-state index in [1.807, 2.05) is 6.07 Å². The normalized spacial score (nSPS) is 10.5. The van der Waals surface area contributed by atoms with Crippen molar-refractivity contribution < 1.29 is 9.90 Å². The van der Waals surface area contributed by atoms with Crippen LogP contribution >= 0.6 is 11.6 Å². The lowest BCUT2D eigenvalue weighted by Crippen LogP contribution is -2.00. The van der Waals surface area contributed by atoms with Crippen LogP contribution in [0.2, 0.25) is 5.15 Å². The third kappa shape index (κ3) is 1.92. The Morgan fingerprint density at radius 3 is 2.87 bits per heavy atom. The Bertz CT molecular complexity index is 525. The molecule has 0 aliphatic carbocycles. The maximum Gasteiger partial charge on any atom is 0.307 e. The van der Waals surface area contributed by atoms with E-state index in [0.717, 1.165) is 16.3 Å². The minimum atomic E-state index is -0.851. The molecule has 1 aromatic heterocycles. The molecule has 0 bridgehead atoms. The molecule has 0 fully saturated rings. The predicted octanol–water partition coefficient (Wildman–Crippen LogP) is 2.52. The number of carboxylic acid groups (broad SMARTS) is 1. The molecule has 76 valence electrons. The molecule has 1 aromatic carbocycles. The van der Waals surface area contributed by atoms with Gasteiger partial charge in [-0.15, -0.1) is 0 Å². The van der Waals surface area contributed by atoms with Gasteiger partial charge in [0.05, 0.1) is 6.42 Å². The fraction of sp³-hybridized carbons (Fsp3) is 0.0909. The average molecular weight is 222 g/mol. The number of aromatic nitrogens is 1. The van der Waals surface area contributed by atoms with Gasteiger partial charge in [-0.2, -0.15) is 0 Å². The molecule has 2 rings (SSSR count). The van der Waals surface area contributed by atoms with Crippen LogP contribution in [0.5, 0.6) is 0 Å². The van der Waals surface area contributed by atoms with Crippen molar-refractivity contribution in [2.45, 2.75) is 6.42 Å². The Hall–Kier alpha value is -1.61. The summed E-state index contributed by atoms with van der Waals surface area (Å²) in [6.45, 7) is 0. The minimum absolute atomic E-state index is 0.00230. The maximum atomic E-state index is 10.6. The van der Waals surface area contributed by atoms with Crippen molar-refractivity contribution in [2.75, 3.05) is 0 Å². The summed E-state index contributed by atoms with van der Waals surface area (Å²) in [5.74, 6) is -0.851. The SMILES string of the molecule is O=C(O)Cc1cccc2c(Cl)nccc12. The number of carboxylic acids is 1. The molecular formula is C11H8ClNO2. The molecule has 0 saturated carbocycles. The Morgan fingerprint density at radius 1 is 1.33 bits per heavy atom. The van der Waals surface area contributed by atoms with Gasteiger partial charge in [-0.25, -0.2) is 4.98 Å². The Morgan fingerprint density at radius 2 is 2.13 bits per heavy atom. The van der Waals surface area contributed by atoms with E-state index in [0.29, 0.717) is 5.15 Å². The minimum Gasteiger partial charge on any atom is -0.481 e. The molecule has 4 heteroatoms. The summed E-state index contributed by atoms with van der Waals surface area (Å²) in [4.78, 5) is 14.6. The lowest BCUT2D eigenvalue weighted by molar-refractivity contribution is -0.136. The first kappa shape index (κ1) is 9.93. The Labute approximate surface area is 91.3 Å². The summed E-state index contributed by atoms with van der Waals surface area (Å²) < 4.78 is 0. The summed E-state index contributed by atoms with van der Waals surface area (Å²) in [5, 5.41) is 10.8. The number of halogens is 1. The van der Waals surface area contributed by atoms with Crippen molar-refractivity contribution in [1.82, 2.24) is 4.98 Å². The Balaban J connectivity index is 2.65. The van der Waals surface area contributed by atoms with Gasteiger partial charge < -0.3 is 5.11 Å². The molecule has 1 heterocycles. The van der Waals surface area contributed by atoms with E-state index in [9.17, 15) is 4.79 Å². The summed E-state index contributed by atoms with van der Waals surface area (Å²) >= 11 is 5.91. The lowest BCUT2D eigenvalue weighted by Gasteiger charge is -2.04. The lowest BCUT2D eigenvalue weighted by atomic mass is 10.0. The quantitative estimate of drug-likeness (QED) is 0.793. The number of fused-ring (bicyclic) bond motifs is 1. The van der Waals surface area contributed by atoms with Crippen LogP contribution < -0.4 is 0 Å². The monoisotopic (exact) mass is 221 g/mol. The molecule has 0 amide bonds. The van der Waals surface area contributed by atoms with Gasteiger partial charge in [0, 0.05) is 11.6 Å². The highest BCUT2D eigenvalue weighted by Crippen LogP contribution is 2.24. The van der Waals surface area contributed by atoms with Gasteiger partial charge in [0.2, 0.25) is 0 Å². The zero-order valence-electron chi connectivity index (χ0n) is 7.77. The van der Waals surface area contributed by atoms with Crippen molar-refractivity contribution in [3.8, 4) is 0 Å². The highest BCUT2D eigenvalue weighted by molar-refractivity contribution is 6.34. The van der Waals surface area contributed by atoms with Crippen molar-refractivity contribution in [1.29, 1.82) is 0 Å². The first-order valence-corrected chi connectivity index (χ1v) is 4.80. The van der Waals surface area contributed by atoms with Crippen LogP contribution in [0.3, 0.4) is 0 Å². The van der Waals surface area contributed by atoms with Gasteiger partial charge in [0.15, 0.2) is 0 Å². The van der Waals surface area contributed by atoms with Crippen molar-refractivity contribution in [3.63, 3.8) is 0 Å². The topological polar surface area (TPSA) is 50.2 Å². The number of carbonyl (C=O) groups is 1. The van der Waals surface area contributed by atoms with Gasteiger partial charge in [0.1, 0.15) is 5.15 Å².